The molecule has 5 heteroatoms. The van der Waals surface area contributed by atoms with Crippen LogP contribution in [0.3, 0.4) is 0 Å². The summed E-state index contributed by atoms with van der Waals surface area (Å²) in [7, 11) is 0. The maximum atomic E-state index is 9.46. The third kappa shape index (κ3) is 2.42. The predicted molar refractivity (Wildman–Crippen MR) is 79.2 cm³/mol. The van der Waals surface area contributed by atoms with Gasteiger partial charge < -0.3 is 10.4 Å². The Morgan fingerprint density at radius 3 is 3.00 bits per heavy atom. The summed E-state index contributed by atoms with van der Waals surface area (Å²) >= 11 is 3.31. The predicted octanol–water partition coefficient (Wildman–Crippen LogP) is 3.64. The van der Waals surface area contributed by atoms with Gasteiger partial charge in [-0.05, 0) is 45.8 Å². The molecule has 19 heavy (non-hydrogen) atoms. The van der Waals surface area contributed by atoms with Gasteiger partial charge in [-0.15, -0.1) is 0 Å². The number of hydrogen-bond acceptors (Lipinski definition) is 3. The fourth-order valence-electron chi connectivity index (χ4n) is 1.98. The van der Waals surface area contributed by atoms with Gasteiger partial charge in [0.1, 0.15) is 5.75 Å². The Bertz CT molecular complexity index is 724. The number of aromatic hydroxyl groups is 1. The van der Waals surface area contributed by atoms with Crippen molar-refractivity contribution in [2.45, 2.75) is 6.54 Å². The van der Waals surface area contributed by atoms with Crippen molar-refractivity contribution >= 4 is 32.5 Å². The van der Waals surface area contributed by atoms with E-state index in [1.165, 1.54) is 0 Å². The van der Waals surface area contributed by atoms with Crippen LogP contribution in [-0.2, 0) is 6.54 Å². The minimum Gasteiger partial charge on any atom is -0.507 e. The molecule has 0 bridgehead atoms. The number of hydrogen-bond donors (Lipinski definition) is 3. The lowest BCUT2D eigenvalue weighted by Crippen LogP contribution is -1.99. The molecule has 4 nitrogen and oxygen atoms in total. The lowest BCUT2D eigenvalue weighted by atomic mass is 10.2. The van der Waals surface area contributed by atoms with Gasteiger partial charge in [-0.2, -0.15) is 5.10 Å². The largest absolute Gasteiger partial charge is 0.507 e. The van der Waals surface area contributed by atoms with E-state index in [-0.39, 0.29) is 5.75 Å². The summed E-state index contributed by atoms with van der Waals surface area (Å²) in [6.07, 6.45) is 1.81. The highest BCUT2D eigenvalue weighted by molar-refractivity contribution is 9.10. The maximum Gasteiger partial charge on any atom is 0.129 e. The van der Waals surface area contributed by atoms with Crippen LogP contribution in [0.25, 0.3) is 10.9 Å². The zero-order valence-electron chi connectivity index (χ0n) is 10.0. The van der Waals surface area contributed by atoms with Gasteiger partial charge in [-0.25, -0.2) is 0 Å². The van der Waals surface area contributed by atoms with Crippen LogP contribution in [0.1, 0.15) is 5.56 Å². The molecule has 0 saturated carbocycles. The van der Waals surface area contributed by atoms with Crippen molar-refractivity contribution in [3.8, 4) is 5.75 Å². The molecule has 3 rings (SSSR count). The first-order valence-corrected chi connectivity index (χ1v) is 6.67. The second-order valence-corrected chi connectivity index (χ2v) is 5.13. The third-order valence-electron chi connectivity index (χ3n) is 2.98. The van der Waals surface area contributed by atoms with Gasteiger partial charge in [0.15, 0.2) is 0 Å². The van der Waals surface area contributed by atoms with E-state index in [9.17, 15) is 5.11 Å². The topological polar surface area (TPSA) is 60.9 Å². The van der Waals surface area contributed by atoms with Gasteiger partial charge in [0, 0.05) is 17.6 Å². The second kappa shape index (κ2) is 4.93. The van der Waals surface area contributed by atoms with Crippen molar-refractivity contribution in [1.82, 2.24) is 10.2 Å². The Morgan fingerprint density at radius 2 is 2.16 bits per heavy atom. The zero-order chi connectivity index (χ0) is 13.2. The van der Waals surface area contributed by atoms with Crippen LogP contribution in [0.2, 0.25) is 0 Å². The van der Waals surface area contributed by atoms with Crippen molar-refractivity contribution in [2.24, 2.45) is 0 Å². The molecule has 3 aromatic rings. The van der Waals surface area contributed by atoms with Gasteiger partial charge in [0.25, 0.3) is 0 Å². The van der Waals surface area contributed by atoms with E-state index in [0.29, 0.717) is 11.0 Å². The van der Waals surface area contributed by atoms with Gasteiger partial charge >= 0.3 is 0 Å². The van der Waals surface area contributed by atoms with E-state index < -0.39 is 0 Å². The number of phenolic OH excluding ortho intramolecular Hbond substituents is 1. The molecule has 96 valence electrons. The molecule has 0 aliphatic carbocycles. The lowest BCUT2D eigenvalue weighted by Gasteiger charge is -2.08. The number of nitrogens with one attached hydrogen (secondary N) is 2. The average molecular weight is 318 g/mol. The van der Waals surface area contributed by atoms with E-state index in [2.05, 4.69) is 31.4 Å². The highest BCUT2D eigenvalue weighted by atomic mass is 79.9. The molecule has 2 aromatic carbocycles. The number of phenols is 1. The number of anilines is 1. The molecule has 0 fully saturated rings. The molecule has 3 N–H and O–H groups in total. The minimum absolute atomic E-state index is 0.251. The van der Waals surface area contributed by atoms with E-state index in [0.717, 1.165) is 22.2 Å². The summed E-state index contributed by atoms with van der Waals surface area (Å²) in [5.41, 5.74) is 3.14. The van der Waals surface area contributed by atoms with E-state index >= 15 is 0 Å². The molecule has 0 saturated heterocycles. The quantitative estimate of drug-likeness (QED) is 0.691. The molecule has 1 heterocycles. The number of aromatic nitrogens is 2. The smallest absolute Gasteiger partial charge is 0.129 e. The van der Waals surface area contributed by atoms with E-state index in [1.807, 2.05) is 36.5 Å². The fraction of sp³-hybridized carbons (Fsp3) is 0.0714. The summed E-state index contributed by atoms with van der Waals surface area (Å²) in [6.45, 7) is 0.684. The SMILES string of the molecule is Oc1ccc(CNc2cccc3[nH]ncc23)cc1Br. The summed E-state index contributed by atoms with van der Waals surface area (Å²) in [5.74, 6) is 0.251. The molecular formula is C14H12BrN3O. The van der Waals surface area contributed by atoms with Gasteiger partial charge in [-0.1, -0.05) is 12.1 Å². The van der Waals surface area contributed by atoms with Gasteiger partial charge in [0.05, 0.1) is 16.2 Å². The van der Waals surface area contributed by atoms with Crippen LogP contribution >= 0.6 is 15.9 Å². The fourth-order valence-corrected chi connectivity index (χ4v) is 2.41. The summed E-state index contributed by atoms with van der Waals surface area (Å²) in [6, 6.07) is 11.5. The molecule has 0 radical (unpaired) electrons. The van der Waals surface area contributed by atoms with Crippen molar-refractivity contribution < 1.29 is 5.11 Å². The van der Waals surface area contributed by atoms with E-state index in [1.54, 1.807) is 6.07 Å². The minimum atomic E-state index is 0.251. The number of H-pyrrole nitrogens is 1. The third-order valence-corrected chi connectivity index (χ3v) is 3.61. The van der Waals surface area contributed by atoms with E-state index in [4.69, 9.17) is 0 Å². The highest BCUT2D eigenvalue weighted by Gasteiger charge is 2.03. The highest BCUT2D eigenvalue weighted by Crippen LogP contribution is 2.26. The summed E-state index contributed by atoms with van der Waals surface area (Å²) in [5, 5.41) is 20.9. The lowest BCUT2D eigenvalue weighted by molar-refractivity contribution is 0.471. The van der Waals surface area contributed by atoms with Crippen LogP contribution < -0.4 is 5.32 Å². The van der Waals surface area contributed by atoms with Crippen LogP contribution in [-0.4, -0.2) is 15.3 Å². The molecule has 0 aliphatic rings. The normalized spacial score (nSPS) is 10.8. The van der Waals surface area contributed by atoms with Crippen LogP contribution in [0.4, 0.5) is 5.69 Å². The van der Waals surface area contributed by atoms with Crippen LogP contribution in [0, 0.1) is 0 Å². The zero-order valence-corrected chi connectivity index (χ0v) is 11.6. The molecular weight excluding hydrogens is 306 g/mol. The number of aromatic amines is 1. The number of rotatable bonds is 3. The Balaban J connectivity index is 1.82. The Hall–Kier alpha value is -2.01. The van der Waals surface area contributed by atoms with Crippen molar-refractivity contribution in [2.75, 3.05) is 5.32 Å². The van der Waals surface area contributed by atoms with Crippen LogP contribution in [0.5, 0.6) is 5.75 Å². The number of benzene rings is 2. The van der Waals surface area contributed by atoms with Crippen LogP contribution in [0.15, 0.2) is 47.1 Å². The number of halogens is 1. The summed E-state index contributed by atoms with van der Waals surface area (Å²) < 4.78 is 0.702. The standard InChI is InChI=1S/C14H12BrN3O/c15-11-6-9(4-5-14(11)19)7-16-12-2-1-3-13-10(12)8-17-18-13/h1-6,8,16,19H,7H2,(H,17,18). The summed E-state index contributed by atoms with van der Waals surface area (Å²) in [4.78, 5) is 0. The second-order valence-electron chi connectivity index (χ2n) is 4.28. The first kappa shape index (κ1) is 12.0. The Labute approximate surface area is 118 Å². The van der Waals surface area contributed by atoms with Crippen molar-refractivity contribution in [3.05, 3.63) is 52.6 Å². The van der Waals surface area contributed by atoms with Crippen molar-refractivity contribution in [3.63, 3.8) is 0 Å². The maximum absolute atomic E-state index is 9.46. The van der Waals surface area contributed by atoms with Gasteiger partial charge in [-0.3, -0.25) is 5.10 Å². The molecule has 0 atom stereocenters. The monoisotopic (exact) mass is 317 g/mol. The van der Waals surface area contributed by atoms with Crippen molar-refractivity contribution in [1.29, 1.82) is 0 Å². The number of nitrogens with zero attached hydrogens (tertiary/aromatic N) is 1. The average Bonchev–Trinajstić information content (AvgIpc) is 2.89. The Morgan fingerprint density at radius 1 is 1.26 bits per heavy atom. The Kier molecular flexibility index (Phi) is 3.13. The number of fused-ring (bicyclic) bond motifs is 1. The van der Waals surface area contributed by atoms with Gasteiger partial charge in [0.2, 0.25) is 0 Å². The molecule has 1 aromatic heterocycles. The molecule has 0 unspecified atom stereocenters. The first-order valence-electron chi connectivity index (χ1n) is 5.87. The first-order chi connectivity index (χ1) is 9.24. The molecule has 0 aliphatic heterocycles. The molecule has 0 amide bonds. The molecule has 0 spiro atoms.